The lowest BCUT2D eigenvalue weighted by Gasteiger charge is -2.18. The van der Waals surface area contributed by atoms with Crippen molar-refractivity contribution in [2.24, 2.45) is 0 Å². The van der Waals surface area contributed by atoms with E-state index in [1.165, 1.54) is 12.8 Å². The Morgan fingerprint density at radius 2 is 2.00 bits per heavy atom. The van der Waals surface area contributed by atoms with Crippen LogP contribution in [0.4, 0.5) is 5.69 Å². The number of benzene rings is 1. The summed E-state index contributed by atoms with van der Waals surface area (Å²) in [5, 5.41) is 0. The van der Waals surface area contributed by atoms with Gasteiger partial charge in [0.25, 0.3) is 0 Å². The molecule has 126 valence electrons. The van der Waals surface area contributed by atoms with Gasteiger partial charge < -0.3 is 15.4 Å². The number of likely N-dealkylation sites (tertiary alicyclic amines) is 1. The first-order valence-corrected chi connectivity index (χ1v) is 8.70. The zero-order chi connectivity index (χ0) is 16.5. The van der Waals surface area contributed by atoms with E-state index in [0.717, 1.165) is 50.1 Å². The summed E-state index contributed by atoms with van der Waals surface area (Å²) < 4.78 is 5.64. The van der Waals surface area contributed by atoms with Gasteiger partial charge in [-0.15, -0.1) is 0 Å². The minimum atomic E-state index is 0.0914. The Hall–Kier alpha value is -1.97. The van der Waals surface area contributed by atoms with Crippen LogP contribution in [0.2, 0.25) is 0 Å². The van der Waals surface area contributed by atoms with Gasteiger partial charge in [-0.3, -0.25) is 4.79 Å². The van der Waals surface area contributed by atoms with Crippen molar-refractivity contribution in [2.75, 3.05) is 25.4 Å². The van der Waals surface area contributed by atoms with Crippen LogP contribution in [-0.4, -0.2) is 30.5 Å². The Labute approximate surface area is 139 Å². The van der Waals surface area contributed by atoms with Gasteiger partial charge in [0.15, 0.2) is 0 Å². The van der Waals surface area contributed by atoms with E-state index >= 15 is 0 Å². The smallest absolute Gasteiger partial charge is 0.246 e. The number of hydrogen-bond acceptors (Lipinski definition) is 3. The lowest BCUT2D eigenvalue weighted by atomic mass is 10.1. The van der Waals surface area contributed by atoms with Crippen LogP contribution < -0.4 is 10.5 Å². The van der Waals surface area contributed by atoms with E-state index in [-0.39, 0.29) is 5.91 Å². The van der Waals surface area contributed by atoms with Crippen LogP contribution in [0.15, 0.2) is 24.3 Å². The first-order chi connectivity index (χ1) is 11.2. The average Bonchev–Trinajstić information content (AvgIpc) is 2.84. The van der Waals surface area contributed by atoms with Gasteiger partial charge >= 0.3 is 0 Å². The molecule has 2 rings (SSSR count). The topological polar surface area (TPSA) is 55.6 Å². The zero-order valence-electron chi connectivity index (χ0n) is 14.1. The second-order valence-corrected chi connectivity index (χ2v) is 6.07. The Balaban J connectivity index is 1.93. The van der Waals surface area contributed by atoms with Crippen LogP contribution in [0.1, 0.15) is 51.0 Å². The number of nitrogens with zero attached hydrogens (tertiary/aromatic N) is 1. The van der Waals surface area contributed by atoms with Crippen LogP contribution >= 0.6 is 0 Å². The van der Waals surface area contributed by atoms with E-state index in [9.17, 15) is 4.79 Å². The Kier molecular flexibility index (Phi) is 6.98. The molecule has 1 aliphatic heterocycles. The Morgan fingerprint density at radius 3 is 2.65 bits per heavy atom. The molecule has 23 heavy (non-hydrogen) atoms. The molecule has 0 aromatic heterocycles. The molecule has 1 fully saturated rings. The van der Waals surface area contributed by atoms with E-state index in [2.05, 4.69) is 6.92 Å². The van der Waals surface area contributed by atoms with Crippen molar-refractivity contribution in [2.45, 2.75) is 45.4 Å². The molecule has 0 bridgehead atoms. The number of anilines is 1. The summed E-state index contributed by atoms with van der Waals surface area (Å²) in [5.41, 5.74) is 7.56. The molecule has 0 radical (unpaired) electrons. The number of nitrogen functional groups attached to an aromatic ring is 1. The molecule has 4 heteroatoms. The van der Waals surface area contributed by atoms with Gasteiger partial charge in [0.2, 0.25) is 5.91 Å². The number of rotatable bonds is 6. The number of nitrogens with two attached hydrogens (primary N) is 1. The zero-order valence-corrected chi connectivity index (χ0v) is 14.1. The fourth-order valence-corrected chi connectivity index (χ4v) is 2.69. The highest BCUT2D eigenvalue weighted by atomic mass is 16.5. The van der Waals surface area contributed by atoms with Crippen LogP contribution in [0.25, 0.3) is 6.08 Å². The summed E-state index contributed by atoms with van der Waals surface area (Å²) in [6, 6.07) is 5.67. The minimum absolute atomic E-state index is 0.0914. The molecule has 0 unspecified atom stereocenters. The summed E-state index contributed by atoms with van der Waals surface area (Å²) in [5.74, 6) is 0.809. The molecule has 4 nitrogen and oxygen atoms in total. The predicted molar refractivity (Wildman–Crippen MR) is 95.3 cm³/mol. The molecule has 0 spiro atoms. The number of hydrogen-bond donors (Lipinski definition) is 1. The molecule has 1 aromatic rings. The number of amides is 1. The summed E-state index contributed by atoms with van der Waals surface area (Å²) in [6.45, 7) is 4.55. The molecular weight excluding hydrogens is 288 g/mol. The number of carbonyl (C=O) groups is 1. The van der Waals surface area contributed by atoms with Crippen molar-refractivity contribution in [1.82, 2.24) is 4.90 Å². The molecule has 0 atom stereocenters. The Morgan fingerprint density at radius 1 is 1.26 bits per heavy atom. The van der Waals surface area contributed by atoms with Gasteiger partial charge in [-0.25, -0.2) is 0 Å². The van der Waals surface area contributed by atoms with Gasteiger partial charge in [-0.2, -0.15) is 0 Å². The van der Waals surface area contributed by atoms with Crippen molar-refractivity contribution in [3.8, 4) is 5.75 Å². The molecule has 1 aliphatic rings. The third kappa shape index (κ3) is 5.62. The second-order valence-electron chi connectivity index (χ2n) is 6.07. The highest BCUT2D eigenvalue weighted by Gasteiger charge is 2.12. The fourth-order valence-electron chi connectivity index (χ4n) is 2.69. The van der Waals surface area contributed by atoms with E-state index in [0.29, 0.717) is 12.3 Å². The van der Waals surface area contributed by atoms with Gasteiger partial charge in [-0.05, 0) is 43.0 Å². The van der Waals surface area contributed by atoms with Gasteiger partial charge in [0, 0.05) is 19.2 Å². The summed E-state index contributed by atoms with van der Waals surface area (Å²) in [4.78, 5) is 14.2. The van der Waals surface area contributed by atoms with Crippen LogP contribution in [0.5, 0.6) is 5.75 Å². The monoisotopic (exact) mass is 316 g/mol. The summed E-state index contributed by atoms with van der Waals surface area (Å²) >= 11 is 0. The van der Waals surface area contributed by atoms with Crippen molar-refractivity contribution in [1.29, 1.82) is 0 Å². The largest absolute Gasteiger partial charge is 0.491 e. The molecular formula is C19H28N2O2. The van der Waals surface area contributed by atoms with E-state index < -0.39 is 0 Å². The summed E-state index contributed by atoms with van der Waals surface area (Å²) in [7, 11) is 0. The van der Waals surface area contributed by atoms with Crippen molar-refractivity contribution in [3.05, 3.63) is 29.8 Å². The van der Waals surface area contributed by atoms with Crippen LogP contribution in [0, 0.1) is 0 Å². The predicted octanol–water partition coefficient (Wildman–Crippen LogP) is 3.86. The SMILES string of the molecule is CCCCOc1ccc(/C=C\C(=O)N2CCCCCC2)cc1N. The number of unbranched alkanes of at least 4 members (excludes halogenated alkanes) is 1. The highest BCUT2D eigenvalue weighted by Crippen LogP contribution is 2.23. The Bertz CT molecular complexity index is 532. The first kappa shape index (κ1) is 17.4. The average molecular weight is 316 g/mol. The lowest BCUT2D eigenvalue weighted by molar-refractivity contribution is -0.125. The third-order valence-corrected chi connectivity index (χ3v) is 4.13. The highest BCUT2D eigenvalue weighted by molar-refractivity contribution is 5.92. The third-order valence-electron chi connectivity index (χ3n) is 4.13. The molecule has 1 heterocycles. The minimum Gasteiger partial charge on any atom is -0.491 e. The standard InChI is InChI=1S/C19H28N2O2/c1-2-3-14-23-18-10-8-16(15-17(18)20)9-11-19(22)21-12-6-4-5-7-13-21/h8-11,15H,2-7,12-14,20H2,1H3/b11-9-. The maximum atomic E-state index is 12.2. The first-order valence-electron chi connectivity index (χ1n) is 8.70. The van der Waals surface area contributed by atoms with E-state index in [4.69, 9.17) is 10.5 Å². The van der Waals surface area contributed by atoms with E-state index in [1.54, 1.807) is 6.08 Å². The molecule has 1 aromatic carbocycles. The van der Waals surface area contributed by atoms with Crippen LogP contribution in [0.3, 0.4) is 0 Å². The molecule has 0 saturated carbocycles. The maximum absolute atomic E-state index is 12.2. The lowest BCUT2D eigenvalue weighted by Crippen LogP contribution is -2.30. The van der Waals surface area contributed by atoms with Gasteiger partial charge in [0.1, 0.15) is 5.75 Å². The maximum Gasteiger partial charge on any atom is 0.246 e. The quantitative estimate of drug-likeness (QED) is 0.492. The van der Waals surface area contributed by atoms with Gasteiger partial charge in [-0.1, -0.05) is 32.3 Å². The molecule has 1 amide bonds. The van der Waals surface area contributed by atoms with E-state index in [1.807, 2.05) is 29.2 Å². The van der Waals surface area contributed by atoms with Crippen molar-refractivity contribution >= 4 is 17.7 Å². The molecule has 0 aliphatic carbocycles. The fraction of sp³-hybridized carbons (Fsp3) is 0.526. The normalized spacial score (nSPS) is 15.6. The number of carbonyl (C=O) groups excluding carboxylic acids is 1. The number of ether oxygens (including phenoxy) is 1. The second kappa shape index (κ2) is 9.23. The summed E-state index contributed by atoms with van der Waals surface area (Å²) in [6.07, 6.45) is 10.3. The molecule has 1 saturated heterocycles. The van der Waals surface area contributed by atoms with Gasteiger partial charge in [0.05, 0.1) is 12.3 Å². The van der Waals surface area contributed by atoms with Crippen molar-refractivity contribution < 1.29 is 9.53 Å². The molecule has 2 N–H and O–H groups in total. The van der Waals surface area contributed by atoms with Crippen molar-refractivity contribution in [3.63, 3.8) is 0 Å². The van der Waals surface area contributed by atoms with Crippen LogP contribution in [-0.2, 0) is 4.79 Å².